The van der Waals surface area contributed by atoms with Crippen molar-refractivity contribution in [3.63, 3.8) is 0 Å². The fourth-order valence-corrected chi connectivity index (χ4v) is 4.64. The summed E-state index contributed by atoms with van der Waals surface area (Å²) < 4.78 is 10.2. The molecular weight excluding hydrogens is 392 g/mol. The summed E-state index contributed by atoms with van der Waals surface area (Å²) in [6, 6.07) is 18.9. The summed E-state index contributed by atoms with van der Waals surface area (Å²) in [6.07, 6.45) is 6.53. The molecule has 0 radical (unpaired) electrons. The van der Waals surface area contributed by atoms with Gasteiger partial charge in [0.25, 0.3) is 0 Å². The van der Waals surface area contributed by atoms with Crippen LogP contribution in [-0.4, -0.2) is 38.9 Å². The minimum atomic E-state index is 0.618. The first-order chi connectivity index (χ1) is 14.7. The number of benzene rings is 2. The number of ether oxygens (including phenoxy) is 1. The van der Waals surface area contributed by atoms with Gasteiger partial charge in [-0.1, -0.05) is 56.5 Å². The van der Waals surface area contributed by atoms with Crippen LogP contribution < -0.4 is 4.74 Å². The van der Waals surface area contributed by atoms with Crippen LogP contribution in [0.1, 0.15) is 39.0 Å². The van der Waals surface area contributed by atoms with E-state index in [0.29, 0.717) is 10.8 Å². The second-order valence-corrected chi connectivity index (χ2v) is 8.21. The summed E-state index contributed by atoms with van der Waals surface area (Å²) >= 11 is 5.93. The number of nitrogens with zero attached hydrogens (tertiary/aromatic N) is 4. The zero-order valence-corrected chi connectivity index (χ0v) is 18.6. The molecule has 6 heteroatoms. The Labute approximate surface area is 183 Å². The molecule has 0 bridgehead atoms. The van der Waals surface area contributed by atoms with Gasteiger partial charge in [-0.15, -0.1) is 5.10 Å². The molecule has 1 heterocycles. The molecular formula is C24H30N4OS. The molecule has 1 aliphatic carbocycles. The van der Waals surface area contributed by atoms with Crippen LogP contribution in [0.4, 0.5) is 0 Å². The molecule has 2 aromatic carbocycles. The normalized spacial score (nSPS) is 14.9. The number of rotatable bonds is 7. The number of hydrogen-bond acceptors (Lipinski definition) is 4. The predicted molar refractivity (Wildman–Crippen MR) is 124 cm³/mol. The van der Waals surface area contributed by atoms with Gasteiger partial charge in [0.2, 0.25) is 4.77 Å². The number of aromatic nitrogens is 3. The highest BCUT2D eigenvalue weighted by atomic mass is 32.1. The van der Waals surface area contributed by atoms with Crippen LogP contribution in [0.3, 0.4) is 0 Å². The predicted octanol–water partition coefficient (Wildman–Crippen LogP) is 5.69. The summed E-state index contributed by atoms with van der Waals surface area (Å²) in [5, 5.41) is 4.99. The Bertz CT molecular complexity index is 1020. The highest BCUT2D eigenvalue weighted by molar-refractivity contribution is 7.71. The van der Waals surface area contributed by atoms with Crippen LogP contribution >= 0.6 is 12.2 Å². The first-order valence-corrected chi connectivity index (χ1v) is 11.3. The Morgan fingerprint density at radius 3 is 2.53 bits per heavy atom. The van der Waals surface area contributed by atoms with Gasteiger partial charge in [-0.3, -0.25) is 9.47 Å². The van der Waals surface area contributed by atoms with Crippen LogP contribution in [0.25, 0.3) is 17.1 Å². The van der Waals surface area contributed by atoms with Gasteiger partial charge in [0.15, 0.2) is 5.82 Å². The molecule has 30 heavy (non-hydrogen) atoms. The third-order valence-corrected chi connectivity index (χ3v) is 6.39. The van der Waals surface area contributed by atoms with Crippen molar-refractivity contribution in [2.24, 2.45) is 0 Å². The SMILES string of the molecule is CCN(Cn1nc(-c2cccc(OC)c2)n(-c2ccccc2)c1=S)C1CCCCC1. The van der Waals surface area contributed by atoms with Crippen molar-refractivity contribution in [3.8, 4) is 22.8 Å². The molecule has 0 N–H and O–H groups in total. The van der Waals surface area contributed by atoms with Crippen molar-refractivity contribution in [1.82, 2.24) is 19.2 Å². The van der Waals surface area contributed by atoms with Gasteiger partial charge in [-0.05, 0) is 55.9 Å². The van der Waals surface area contributed by atoms with Crippen LogP contribution in [0, 0.1) is 4.77 Å². The summed E-state index contributed by atoms with van der Waals surface area (Å²) in [5.74, 6) is 1.65. The minimum Gasteiger partial charge on any atom is -0.497 e. The Balaban J connectivity index is 1.76. The second-order valence-electron chi connectivity index (χ2n) is 7.85. The van der Waals surface area contributed by atoms with Crippen molar-refractivity contribution < 1.29 is 4.74 Å². The van der Waals surface area contributed by atoms with E-state index in [1.807, 2.05) is 41.1 Å². The number of para-hydroxylation sites is 1. The Morgan fingerprint density at radius 2 is 1.83 bits per heavy atom. The van der Waals surface area contributed by atoms with Crippen molar-refractivity contribution in [2.75, 3.05) is 13.7 Å². The molecule has 0 amide bonds. The van der Waals surface area contributed by atoms with Gasteiger partial charge in [0.1, 0.15) is 5.75 Å². The summed E-state index contributed by atoms with van der Waals surface area (Å²) in [7, 11) is 1.69. The van der Waals surface area contributed by atoms with Crippen LogP contribution in [0.5, 0.6) is 5.75 Å². The first-order valence-electron chi connectivity index (χ1n) is 10.8. The lowest BCUT2D eigenvalue weighted by Crippen LogP contribution is -2.38. The molecule has 158 valence electrons. The number of methoxy groups -OCH3 is 1. The topological polar surface area (TPSA) is 35.2 Å². The zero-order chi connectivity index (χ0) is 20.9. The third kappa shape index (κ3) is 4.35. The lowest BCUT2D eigenvalue weighted by atomic mass is 9.94. The molecule has 0 spiro atoms. The maximum Gasteiger partial charge on any atom is 0.204 e. The first kappa shape index (κ1) is 20.8. The molecule has 1 aromatic heterocycles. The summed E-state index contributed by atoms with van der Waals surface area (Å²) in [4.78, 5) is 2.52. The van der Waals surface area contributed by atoms with Crippen LogP contribution in [0.2, 0.25) is 0 Å². The van der Waals surface area contributed by atoms with E-state index in [9.17, 15) is 0 Å². The van der Waals surface area contributed by atoms with Gasteiger partial charge in [0, 0.05) is 17.3 Å². The zero-order valence-electron chi connectivity index (χ0n) is 17.8. The van der Waals surface area contributed by atoms with E-state index in [1.54, 1.807) is 7.11 Å². The average molecular weight is 423 g/mol. The Hall–Kier alpha value is -2.44. The fourth-order valence-electron chi connectivity index (χ4n) is 4.35. The van der Waals surface area contributed by atoms with E-state index in [0.717, 1.165) is 36.0 Å². The van der Waals surface area contributed by atoms with E-state index in [2.05, 4.69) is 34.6 Å². The molecule has 0 unspecified atom stereocenters. The van der Waals surface area contributed by atoms with Gasteiger partial charge >= 0.3 is 0 Å². The maximum absolute atomic E-state index is 5.93. The lowest BCUT2D eigenvalue weighted by Gasteiger charge is -2.33. The van der Waals surface area contributed by atoms with E-state index in [1.165, 1.54) is 32.1 Å². The largest absolute Gasteiger partial charge is 0.497 e. The van der Waals surface area contributed by atoms with Crippen molar-refractivity contribution >= 4 is 12.2 Å². The quantitative estimate of drug-likeness (QED) is 0.458. The third-order valence-electron chi connectivity index (χ3n) is 5.99. The Kier molecular flexibility index (Phi) is 6.65. The molecule has 3 aromatic rings. The standard InChI is InChI=1S/C24H30N4OS/c1-3-26(20-12-6-4-7-13-20)18-27-24(30)28(21-14-8-5-9-15-21)23(25-27)19-11-10-16-22(17-19)29-2/h5,8-11,14-17,20H,3-4,6-7,12-13,18H2,1-2H3. The smallest absolute Gasteiger partial charge is 0.204 e. The van der Waals surface area contributed by atoms with Gasteiger partial charge in [0.05, 0.1) is 13.8 Å². The van der Waals surface area contributed by atoms with E-state index >= 15 is 0 Å². The molecule has 1 fully saturated rings. The Morgan fingerprint density at radius 1 is 1.07 bits per heavy atom. The number of hydrogen-bond donors (Lipinski definition) is 0. The van der Waals surface area contributed by atoms with E-state index in [-0.39, 0.29) is 0 Å². The molecule has 4 rings (SSSR count). The molecule has 5 nitrogen and oxygen atoms in total. The van der Waals surface area contributed by atoms with Crippen LogP contribution in [-0.2, 0) is 6.67 Å². The molecule has 0 saturated heterocycles. The highest BCUT2D eigenvalue weighted by Crippen LogP contribution is 2.27. The van der Waals surface area contributed by atoms with Gasteiger partial charge in [-0.2, -0.15) is 0 Å². The van der Waals surface area contributed by atoms with Crippen molar-refractivity contribution in [2.45, 2.75) is 51.7 Å². The summed E-state index contributed by atoms with van der Waals surface area (Å²) in [5.41, 5.74) is 2.01. The van der Waals surface area contributed by atoms with Crippen molar-refractivity contribution in [3.05, 3.63) is 59.4 Å². The molecule has 1 saturated carbocycles. The molecule has 1 aliphatic rings. The van der Waals surface area contributed by atoms with E-state index in [4.69, 9.17) is 22.1 Å². The monoisotopic (exact) mass is 422 g/mol. The fraction of sp³-hybridized carbons (Fsp3) is 0.417. The van der Waals surface area contributed by atoms with Crippen LogP contribution in [0.15, 0.2) is 54.6 Å². The molecule has 0 atom stereocenters. The van der Waals surface area contributed by atoms with Gasteiger partial charge < -0.3 is 4.74 Å². The van der Waals surface area contributed by atoms with Gasteiger partial charge in [-0.25, -0.2) is 4.68 Å². The minimum absolute atomic E-state index is 0.618. The highest BCUT2D eigenvalue weighted by Gasteiger charge is 2.22. The van der Waals surface area contributed by atoms with Crippen molar-refractivity contribution in [1.29, 1.82) is 0 Å². The summed E-state index contributed by atoms with van der Waals surface area (Å²) in [6.45, 7) is 3.95. The second kappa shape index (κ2) is 9.58. The average Bonchev–Trinajstić information content (AvgIpc) is 3.14. The van der Waals surface area contributed by atoms with E-state index < -0.39 is 0 Å². The lowest BCUT2D eigenvalue weighted by molar-refractivity contribution is 0.119. The molecule has 0 aliphatic heterocycles. The maximum atomic E-state index is 5.93.